The molecule has 0 radical (unpaired) electrons. The second kappa shape index (κ2) is 5.08. The van der Waals surface area contributed by atoms with Gasteiger partial charge in [0.25, 0.3) is 0 Å². The van der Waals surface area contributed by atoms with Gasteiger partial charge < -0.3 is 14.9 Å². The highest BCUT2D eigenvalue weighted by Gasteiger charge is 2.24. The number of carbonyl (C=O) groups is 3. The molecule has 0 unspecified atom stereocenters. The fourth-order valence-corrected chi connectivity index (χ4v) is 1.28. The first-order valence-corrected chi connectivity index (χ1v) is 4.45. The summed E-state index contributed by atoms with van der Waals surface area (Å²) in [5.41, 5.74) is 3.54. The summed E-state index contributed by atoms with van der Waals surface area (Å²) in [5.74, 6) is -3.94. The first-order chi connectivity index (χ1) is 7.99. The van der Waals surface area contributed by atoms with E-state index in [-0.39, 0.29) is 5.56 Å². The molecule has 0 saturated heterocycles. The van der Waals surface area contributed by atoms with Crippen molar-refractivity contribution in [2.24, 2.45) is 5.73 Å². The Kier molecular flexibility index (Phi) is 3.78. The maximum atomic E-state index is 11.4. The Balaban J connectivity index is 3.40. The third-order valence-corrected chi connectivity index (χ3v) is 1.94. The summed E-state index contributed by atoms with van der Waals surface area (Å²) in [6.45, 7) is -0.421. The van der Waals surface area contributed by atoms with Gasteiger partial charge in [-0.2, -0.15) is 0 Å². The van der Waals surface area contributed by atoms with E-state index >= 15 is 0 Å². The van der Waals surface area contributed by atoms with Gasteiger partial charge in [-0.3, -0.25) is 5.73 Å². The fourth-order valence-electron chi connectivity index (χ4n) is 1.28. The minimum atomic E-state index is -1.52. The molecule has 90 valence electrons. The molecule has 7 nitrogen and oxygen atoms in total. The molecular formula is C10H9NO6. The van der Waals surface area contributed by atoms with Crippen molar-refractivity contribution in [2.45, 2.75) is 0 Å². The summed E-state index contributed by atoms with van der Waals surface area (Å²) in [4.78, 5) is 33.2. The molecule has 4 N–H and O–H groups in total. The Morgan fingerprint density at radius 1 is 1.12 bits per heavy atom. The van der Waals surface area contributed by atoms with Crippen LogP contribution in [0.25, 0.3) is 0 Å². The van der Waals surface area contributed by atoms with Crippen LogP contribution in [0.5, 0.6) is 0 Å². The number of aromatic carboxylic acids is 2. The molecular weight excluding hydrogens is 230 g/mol. The number of carboxylic acids is 2. The molecule has 0 heterocycles. The van der Waals surface area contributed by atoms with Gasteiger partial charge in [-0.25, -0.2) is 14.4 Å². The average molecular weight is 239 g/mol. The van der Waals surface area contributed by atoms with Crippen LogP contribution in [0.1, 0.15) is 31.1 Å². The van der Waals surface area contributed by atoms with E-state index in [1.54, 1.807) is 0 Å². The predicted octanol–water partition coefficient (Wildman–Crippen LogP) is 0.156. The highest BCUT2D eigenvalue weighted by molar-refractivity contribution is 6.09. The van der Waals surface area contributed by atoms with Crippen molar-refractivity contribution in [3.8, 4) is 0 Å². The highest BCUT2D eigenvalue weighted by Crippen LogP contribution is 2.16. The van der Waals surface area contributed by atoms with E-state index in [0.29, 0.717) is 0 Å². The molecule has 0 bridgehead atoms. The molecule has 0 spiro atoms. The van der Waals surface area contributed by atoms with E-state index < -0.39 is 35.8 Å². The smallest absolute Gasteiger partial charge is 0.340 e. The number of ether oxygens (including phenoxy) is 1. The molecule has 1 rings (SSSR count). The molecule has 0 aromatic heterocycles. The molecule has 0 aliphatic heterocycles. The highest BCUT2D eigenvalue weighted by atomic mass is 16.5. The van der Waals surface area contributed by atoms with Crippen molar-refractivity contribution in [1.82, 2.24) is 0 Å². The Morgan fingerprint density at radius 2 is 1.71 bits per heavy atom. The molecule has 1 aromatic rings. The zero-order valence-corrected chi connectivity index (χ0v) is 8.54. The largest absolute Gasteiger partial charge is 0.478 e. The van der Waals surface area contributed by atoms with Crippen LogP contribution in [-0.4, -0.2) is 34.9 Å². The topological polar surface area (TPSA) is 127 Å². The van der Waals surface area contributed by atoms with Gasteiger partial charge >= 0.3 is 17.9 Å². The Labute approximate surface area is 95.4 Å². The van der Waals surface area contributed by atoms with E-state index in [1.807, 2.05) is 0 Å². The number of carbonyl (C=O) groups excluding carboxylic acids is 1. The fraction of sp³-hybridized carbons (Fsp3) is 0.100. The van der Waals surface area contributed by atoms with E-state index in [9.17, 15) is 14.4 Å². The summed E-state index contributed by atoms with van der Waals surface area (Å²) in [5, 5.41) is 17.7. The third-order valence-electron chi connectivity index (χ3n) is 1.94. The molecule has 0 aliphatic carbocycles. The number of carboxylic acid groups (broad SMARTS) is 2. The lowest BCUT2D eigenvalue weighted by atomic mass is 10.0. The molecule has 0 fully saturated rings. The Morgan fingerprint density at radius 3 is 2.18 bits per heavy atom. The van der Waals surface area contributed by atoms with Crippen LogP contribution in [-0.2, 0) is 4.74 Å². The minimum absolute atomic E-state index is 0.345. The van der Waals surface area contributed by atoms with Crippen molar-refractivity contribution in [2.75, 3.05) is 6.73 Å². The lowest BCUT2D eigenvalue weighted by molar-refractivity contribution is 0.0503. The molecule has 0 atom stereocenters. The second-order valence-corrected chi connectivity index (χ2v) is 2.94. The van der Waals surface area contributed by atoms with Crippen molar-refractivity contribution in [1.29, 1.82) is 0 Å². The van der Waals surface area contributed by atoms with Crippen LogP contribution >= 0.6 is 0 Å². The van der Waals surface area contributed by atoms with Crippen LogP contribution in [0.4, 0.5) is 0 Å². The quantitative estimate of drug-likeness (QED) is 0.504. The van der Waals surface area contributed by atoms with Crippen LogP contribution in [0.2, 0.25) is 0 Å². The maximum absolute atomic E-state index is 11.4. The lowest BCUT2D eigenvalue weighted by Gasteiger charge is -2.07. The monoisotopic (exact) mass is 239 g/mol. The maximum Gasteiger partial charge on any atom is 0.340 e. The zero-order valence-electron chi connectivity index (χ0n) is 8.54. The van der Waals surface area contributed by atoms with Crippen molar-refractivity contribution in [3.63, 3.8) is 0 Å². The van der Waals surface area contributed by atoms with Crippen molar-refractivity contribution >= 4 is 17.9 Å². The molecule has 0 aliphatic rings. The first-order valence-electron chi connectivity index (χ1n) is 4.45. The van der Waals surface area contributed by atoms with Crippen molar-refractivity contribution < 1.29 is 29.3 Å². The van der Waals surface area contributed by atoms with E-state index in [2.05, 4.69) is 4.74 Å². The van der Waals surface area contributed by atoms with Crippen LogP contribution < -0.4 is 5.73 Å². The number of hydrogen-bond acceptors (Lipinski definition) is 5. The van der Waals surface area contributed by atoms with Gasteiger partial charge in [-0.05, 0) is 12.1 Å². The summed E-state index contributed by atoms with van der Waals surface area (Å²) in [6, 6.07) is 3.50. The SMILES string of the molecule is NCOC(=O)c1cccc(C(=O)O)c1C(=O)O. The van der Waals surface area contributed by atoms with Crippen LogP contribution in [0.3, 0.4) is 0 Å². The minimum Gasteiger partial charge on any atom is -0.478 e. The number of nitrogens with two attached hydrogens (primary N) is 1. The van der Waals surface area contributed by atoms with E-state index in [0.717, 1.165) is 12.1 Å². The normalized spacial score (nSPS) is 9.71. The Hall–Kier alpha value is -2.41. The summed E-state index contributed by atoms with van der Waals surface area (Å²) in [7, 11) is 0. The van der Waals surface area contributed by atoms with E-state index in [1.165, 1.54) is 6.07 Å². The third kappa shape index (κ3) is 2.58. The molecule has 0 amide bonds. The van der Waals surface area contributed by atoms with Gasteiger partial charge in [0.05, 0.1) is 16.7 Å². The molecule has 7 heteroatoms. The number of esters is 1. The van der Waals surface area contributed by atoms with Gasteiger partial charge in [0.1, 0.15) is 6.73 Å². The standard InChI is InChI=1S/C10H9NO6/c11-4-17-10(16)6-3-1-2-5(8(12)13)7(6)9(14)15/h1-3H,4,11H2,(H,12,13)(H,14,15). The lowest BCUT2D eigenvalue weighted by Crippen LogP contribution is -2.18. The summed E-state index contributed by atoms with van der Waals surface area (Å²) < 4.78 is 4.44. The Bertz CT molecular complexity index is 482. The predicted molar refractivity (Wildman–Crippen MR) is 54.8 cm³/mol. The zero-order chi connectivity index (χ0) is 13.0. The molecule has 17 heavy (non-hydrogen) atoms. The summed E-state index contributed by atoms with van der Waals surface area (Å²) >= 11 is 0. The van der Waals surface area contributed by atoms with Gasteiger partial charge in [0, 0.05) is 0 Å². The van der Waals surface area contributed by atoms with Crippen molar-refractivity contribution in [3.05, 3.63) is 34.9 Å². The van der Waals surface area contributed by atoms with Gasteiger partial charge in [-0.1, -0.05) is 6.07 Å². The van der Waals surface area contributed by atoms with Gasteiger partial charge in [-0.15, -0.1) is 0 Å². The molecule has 0 saturated carbocycles. The average Bonchev–Trinajstić information content (AvgIpc) is 2.28. The molecule has 1 aromatic carbocycles. The number of benzene rings is 1. The van der Waals surface area contributed by atoms with Crippen LogP contribution in [0.15, 0.2) is 18.2 Å². The number of rotatable bonds is 4. The van der Waals surface area contributed by atoms with E-state index in [4.69, 9.17) is 15.9 Å². The van der Waals surface area contributed by atoms with Gasteiger partial charge in [0.2, 0.25) is 0 Å². The summed E-state index contributed by atoms with van der Waals surface area (Å²) in [6.07, 6.45) is 0. The number of hydrogen-bond donors (Lipinski definition) is 3. The van der Waals surface area contributed by atoms with Gasteiger partial charge in [0.15, 0.2) is 0 Å². The second-order valence-electron chi connectivity index (χ2n) is 2.94. The first kappa shape index (κ1) is 12.7. The van der Waals surface area contributed by atoms with Crippen LogP contribution in [0, 0.1) is 0 Å².